The van der Waals surface area contributed by atoms with Gasteiger partial charge in [-0.1, -0.05) is 42.5 Å². The maximum Gasteiger partial charge on any atom is 0.118 e. The van der Waals surface area contributed by atoms with Gasteiger partial charge in [0, 0.05) is 0 Å². The van der Waals surface area contributed by atoms with Gasteiger partial charge < -0.3 is 10.5 Å². The number of nitrogens with two attached hydrogens (primary N) is 1. The average Bonchev–Trinajstić information content (AvgIpc) is 2.40. The van der Waals surface area contributed by atoms with Gasteiger partial charge in [0.15, 0.2) is 0 Å². The second kappa shape index (κ2) is 4.60. The lowest BCUT2D eigenvalue weighted by Gasteiger charge is -2.26. The highest BCUT2D eigenvalue weighted by Gasteiger charge is 2.23. The highest BCUT2D eigenvalue weighted by molar-refractivity contribution is 5.39. The van der Waals surface area contributed by atoms with Crippen molar-refractivity contribution in [3.63, 3.8) is 0 Å². The van der Waals surface area contributed by atoms with E-state index in [0.717, 1.165) is 16.9 Å². The molecule has 1 unspecified atom stereocenters. The normalized spacial score (nSPS) is 14.1. The van der Waals surface area contributed by atoms with Gasteiger partial charge in [0.1, 0.15) is 5.75 Å². The van der Waals surface area contributed by atoms with Crippen LogP contribution in [0.3, 0.4) is 0 Å². The molecule has 0 aromatic heterocycles. The number of hydrogen-bond acceptors (Lipinski definition) is 2. The lowest BCUT2D eigenvalue weighted by Crippen LogP contribution is -2.34. The zero-order valence-corrected chi connectivity index (χ0v) is 10.2. The van der Waals surface area contributed by atoms with Gasteiger partial charge in [-0.05, 0) is 30.2 Å². The van der Waals surface area contributed by atoms with Crippen molar-refractivity contribution in [1.29, 1.82) is 0 Å². The number of benzene rings is 2. The van der Waals surface area contributed by atoms with E-state index in [1.165, 1.54) is 0 Å². The molecule has 2 N–H and O–H groups in total. The van der Waals surface area contributed by atoms with E-state index in [-0.39, 0.29) is 0 Å². The third kappa shape index (κ3) is 2.32. The molecule has 1 atom stereocenters. The van der Waals surface area contributed by atoms with Gasteiger partial charge in [0.25, 0.3) is 0 Å². The Bertz CT molecular complexity index is 474. The van der Waals surface area contributed by atoms with Crippen molar-refractivity contribution < 1.29 is 4.74 Å². The molecule has 88 valence electrons. The first-order valence-corrected chi connectivity index (χ1v) is 5.63. The molecule has 2 aromatic carbocycles. The fourth-order valence-corrected chi connectivity index (χ4v) is 1.89. The Morgan fingerprint density at radius 3 is 1.94 bits per heavy atom. The molecule has 0 fully saturated rings. The monoisotopic (exact) mass is 227 g/mol. The summed E-state index contributed by atoms with van der Waals surface area (Å²) in [6.07, 6.45) is 0. The number of methoxy groups -OCH3 is 1. The van der Waals surface area contributed by atoms with Crippen LogP contribution in [0.15, 0.2) is 54.6 Å². The third-order valence-corrected chi connectivity index (χ3v) is 3.06. The maximum absolute atomic E-state index is 6.41. The maximum atomic E-state index is 6.41. The number of hydrogen-bond donors (Lipinski definition) is 1. The van der Waals surface area contributed by atoms with E-state index in [0.29, 0.717) is 0 Å². The van der Waals surface area contributed by atoms with Crippen molar-refractivity contribution in [3.05, 3.63) is 65.7 Å². The van der Waals surface area contributed by atoms with Crippen molar-refractivity contribution >= 4 is 0 Å². The van der Waals surface area contributed by atoms with E-state index in [9.17, 15) is 0 Å². The Morgan fingerprint density at radius 1 is 0.882 bits per heavy atom. The summed E-state index contributed by atoms with van der Waals surface area (Å²) in [7, 11) is 1.66. The zero-order chi connectivity index (χ0) is 12.3. The average molecular weight is 227 g/mol. The van der Waals surface area contributed by atoms with Crippen molar-refractivity contribution in [2.24, 2.45) is 5.73 Å². The third-order valence-electron chi connectivity index (χ3n) is 3.06. The molecule has 2 heteroatoms. The minimum atomic E-state index is -0.479. The smallest absolute Gasteiger partial charge is 0.118 e. The van der Waals surface area contributed by atoms with Gasteiger partial charge in [-0.3, -0.25) is 0 Å². The van der Waals surface area contributed by atoms with E-state index in [1.807, 2.05) is 61.5 Å². The number of ether oxygens (including phenoxy) is 1. The van der Waals surface area contributed by atoms with Crippen molar-refractivity contribution in [1.82, 2.24) is 0 Å². The molecule has 0 saturated heterocycles. The van der Waals surface area contributed by atoms with Crippen LogP contribution >= 0.6 is 0 Å². The minimum absolute atomic E-state index is 0.479. The summed E-state index contributed by atoms with van der Waals surface area (Å²) in [6, 6.07) is 18.0. The predicted molar refractivity (Wildman–Crippen MR) is 70.1 cm³/mol. The summed E-state index contributed by atoms with van der Waals surface area (Å²) in [5.41, 5.74) is 8.11. The molecule has 0 saturated carbocycles. The Balaban J connectivity index is 2.37. The Kier molecular flexibility index (Phi) is 3.16. The van der Waals surface area contributed by atoms with Gasteiger partial charge in [-0.15, -0.1) is 0 Å². The largest absolute Gasteiger partial charge is 0.497 e. The first-order valence-electron chi connectivity index (χ1n) is 5.63. The second-order valence-electron chi connectivity index (χ2n) is 4.30. The van der Waals surface area contributed by atoms with Crippen LogP contribution in [0.4, 0.5) is 0 Å². The highest BCUT2D eigenvalue weighted by atomic mass is 16.5. The molecular formula is C15H17NO. The van der Waals surface area contributed by atoms with Gasteiger partial charge in [-0.25, -0.2) is 0 Å². The summed E-state index contributed by atoms with van der Waals surface area (Å²) in [4.78, 5) is 0. The van der Waals surface area contributed by atoms with E-state index in [1.54, 1.807) is 7.11 Å². The molecule has 2 nitrogen and oxygen atoms in total. The SMILES string of the molecule is COc1ccc(C(C)(N)c2ccccc2)cc1. The molecule has 0 amide bonds. The standard InChI is InChI=1S/C15H17NO/c1-15(16,12-6-4-3-5-7-12)13-8-10-14(17-2)11-9-13/h3-11H,16H2,1-2H3. The van der Waals surface area contributed by atoms with Crippen LogP contribution in [0.2, 0.25) is 0 Å². The topological polar surface area (TPSA) is 35.2 Å². The summed E-state index contributed by atoms with van der Waals surface area (Å²) in [5.74, 6) is 0.845. The highest BCUT2D eigenvalue weighted by Crippen LogP contribution is 2.27. The van der Waals surface area contributed by atoms with Crippen LogP contribution in [-0.4, -0.2) is 7.11 Å². The Morgan fingerprint density at radius 2 is 1.41 bits per heavy atom. The molecule has 2 rings (SSSR count). The summed E-state index contributed by atoms with van der Waals surface area (Å²) < 4.78 is 5.15. The van der Waals surface area contributed by atoms with Crippen molar-refractivity contribution in [3.8, 4) is 5.75 Å². The Hall–Kier alpha value is -1.80. The molecule has 0 heterocycles. The lowest BCUT2D eigenvalue weighted by molar-refractivity contribution is 0.414. The summed E-state index contributed by atoms with van der Waals surface area (Å²) >= 11 is 0. The first-order chi connectivity index (χ1) is 8.14. The van der Waals surface area contributed by atoms with Crippen LogP contribution in [0.25, 0.3) is 0 Å². The van der Waals surface area contributed by atoms with E-state index < -0.39 is 5.54 Å². The summed E-state index contributed by atoms with van der Waals surface area (Å²) in [6.45, 7) is 2.02. The van der Waals surface area contributed by atoms with Crippen LogP contribution in [0.5, 0.6) is 5.75 Å². The van der Waals surface area contributed by atoms with Gasteiger partial charge >= 0.3 is 0 Å². The zero-order valence-electron chi connectivity index (χ0n) is 10.2. The molecule has 0 aliphatic heterocycles. The van der Waals surface area contributed by atoms with E-state index in [4.69, 9.17) is 10.5 Å². The first kappa shape index (κ1) is 11.7. The van der Waals surface area contributed by atoms with Crippen molar-refractivity contribution in [2.45, 2.75) is 12.5 Å². The molecule has 0 aliphatic carbocycles. The molecule has 0 bridgehead atoms. The molecule has 2 aromatic rings. The molecule has 17 heavy (non-hydrogen) atoms. The van der Waals surface area contributed by atoms with Crippen LogP contribution in [0, 0.1) is 0 Å². The number of rotatable bonds is 3. The van der Waals surface area contributed by atoms with Crippen LogP contribution < -0.4 is 10.5 Å². The van der Waals surface area contributed by atoms with Crippen LogP contribution in [-0.2, 0) is 5.54 Å². The molecular weight excluding hydrogens is 210 g/mol. The molecule has 0 spiro atoms. The van der Waals surface area contributed by atoms with Gasteiger partial charge in [0.05, 0.1) is 12.6 Å². The van der Waals surface area contributed by atoms with E-state index in [2.05, 4.69) is 0 Å². The second-order valence-corrected chi connectivity index (χ2v) is 4.30. The Labute approximate surface area is 102 Å². The predicted octanol–water partition coefficient (Wildman–Crippen LogP) is 2.92. The summed E-state index contributed by atoms with van der Waals surface area (Å²) in [5, 5.41) is 0. The fraction of sp³-hybridized carbons (Fsp3) is 0.200. The van der Waals surface area contributed by atoms with Gasteiger partial charge in [-0.2, -0.15) is 0 Å². The quantitative estimate of drug-likeness (QED) is 0.875. The van der Waals surface area contributed by atoms with Crippen LogP contribution in [0.1, 0.15) is 18.1 Å². The van der Waals surface area contributed by atoms with Gasteiger partial charge in [0.2, 0.25) is 0 Å². The fourth-order valence-electron chi connectivity index (χ4n) is 1.89. The van der Waals surface area contributed by atoms with E-state index >= 15 is 0 Å². The lowest BCUT2D eigenvalue weighted by atomic mass is 9.86. The minimum Gasteiger partial charge on any atom is -0.497 e. The van der Waals surface area contributed by atoms with Crippen molar-refractivity contribution in [2.75, 3.05) is 7.11 Å². The molecule has 0 aliphatic rings. The molecule has 0 radical (unpaired) electrons.